The van der Waals surface area contributed by atoms with Crippen molar-refractivity contribution in [3.63, 3.8) is 0 Å². The first-order valence-electron chi connectivity index (χ1n) is 14.6. The number of nitrogens with zero attached hydrogens (tertiary/aromatic N) is 1. The molecule has 6 fully saturated rings. The molecular formula is C30H47NO3. The molecule has 4 heteroatoms. The minimum absolute atomic E-state index is 0.0203. The number of aliphatic hydroxyl groups is 2. The fourth-order valence-corrected chi connectivity index (χ4v) is 11.9. The van der Waals surface area contributed by atoms with E-state index in [1.165, 1.54) is 51.4 Å². The first kappa shape index (κ1) is 22.8. The molecule has 4 nitrogen and oxygen atoms in total. The standard InChI is InChI=1S/C30H47NO3/c1-18-13-25-26(31(16-18)11-12-32)19(2)30(34-25)10-8-23-22-6-5-20-14-21(33)7-9-27(20,3)24(22)15-29(23)17-28(29,30)4/h14,18-19,21-26,32-33H,5-13,15-17H2,1-4H3/t18-,19+,21-,22-,23-,24-,25+,26-,27-,28?,29?,30?/m0/s1. The highest BCUT2D eigenvalue weighted by atomic mass is 16.5. The van der Waals surface area contributed by atoms with Gasteiger partial charge in [0.2, 0.25) is 0 Å². The Morgan fingerprint density at radius 3 is 2.74 bits per heavy atom. The number of aliphatic hydroxyl groups excluding tert-OH is 2. The number of ether oxygens (including phenoxy) is 1. The van der Waals surface area contributed by atoms with E-state index in [-0.39, 0.29) is 18.3 Å². The summed E-state index contributed by atoms with van der Waals surface area (Å²) in [5.41, 5.74) is 2.70. The summed E-state index contributed by atoms with van der Waals surface area (Å²) in [5, 5.41) is 20.1. The maximum absolute atomic E-state index is 10.3. The Morgan fingerprint density at radius 1 is 1.12 bits per heavy atom. The minimum Gasteiger partial charge on any atom is -0.395 e. The molecule has 0 bridgehead atoms. The zero-order valence-electron chi connectivity index (χ0n) is 21.9. The van der Waals surface area contributed by atoms with Crippen LogP contribution in [-0.4, -0.2) is 58.7 Å². The molecule has 34 heavy (non-hydrogen) atoms. The van der Waals surface area contributed by atoms with E-state index in [0.717, 1.165) is 37.3 Å². The van der Waals surface area contributed by atoms with Crippen LogP contribution in [0.2, 0.25) is 0 Å². The lowest BCUT2D eigenvalue weighted by Gasteiger charge is -2.50. The zero-order chi connectivity index (χ0) is 23.7. The van der Waals surface area contributed by atoms with Gasteiger partial charge in [0.25, 0.3) is 0 Å². The number of hydrogen-bond acceptors (Lipinski definition) is 4. The van der Waals surface area contributed by atoms with Gasteiger partial charge in [-0.1, -0.05) is 39.3 Å². The Balaban J connectivity index is 1.22. The first-order valence-corrected chi connectivity index (χ1v) is 14.6. The molecule has 7 aliphatic rings. The van der Waals surface area contributed by atoms with Crippen molar-refractivity contribution < 1.29 is 14.9 Å². The number of β-amino-alcohol motifs (C(OH)–C–C–N with tert-alkyl or cyclic N) is 1. The van der Waals surface area contributed by atoms with E-state index in [9.17, 15) is 10.2 Å². The first-order chi connectivity index (χ1) is 16.2. The summed E-state index contributed by atoms with van der Waals surface area (Å²) in [7, 11) is 0. The van der Waals surface area contributed by atoms with E-state index in [1.54, 1.807) is 5.57 Å². The monoisotopic (exact) mass is 469 g/mol. The summed E-state index contributed by atoms with van der Waals surface area (Å²) < 4.78 is 7.34. The molecule has 7 rings (SSSR count). The molecule has 3 unspecified atom stereocenters. The van der Waals surface area contributed by atoms with Crippen molar-refractivity contribution in [2.45, 2.75) is 109 Å². The van der Waals surface area contributed by atoms with E-state index in [4.69, 9.17) is 4.74 Å². The van der Waals surface area contributed by atoms with Gasteiger partial charge in [0.15, 0.2) is 0 Å². The number of likely N-dealkylation sites (tertiary alicyclic amines) is 1. The summed E-state index contributed by atoms with van der Waals surface area (Å²) >= 11 is 0. The van der Waals surface area contributed by atoms with Crippen LogP contribution in [0.15, 0.2) is 11.6 Å². The van der Waals surface area contributed by atoms with E-state index in [0.29, 0.717) is 40.2 Å². The Kier molecular flexibility index (Phi) is 4.76. The van der Waals surface area contributed by atoms with Crippen LogP contribution in [0.1, 0.15) is 85.5 Å². The summed E-state index contributed by atoms with van der Waals surface area (Å²) in [6.07, 6.45) is 13.6. The molecular weight excluding hydrogens is 422 g/mol. The van der Waals surface area contributed by atoms with Gasteiger partial charge in [-0.2, -0.15) is 0 Å². The van der Waals surface area contributed by atoms with Crippen LogP contribution in [0.5, 0.6) is 0 Å². The molecule has 2 spiro atoms. The van der Waals surface area contributed by atoms with Crippen molar-refractivity contribution in [3.8, 4) is 0 Å². The van der Waals surface area contributed by atoms with Crippen molar-refractivity contribution in [2.24, 2.45) is 45.8 Å². The van der Waals surface area contributed by atoms with Gasteiger partial charge in [-0.05, 0) is 92.3 Å². The van der Waals surface area contributed by atoms with Crippen LogP contribution < -0.4 is 0 Å². The van der Waals surface area contributed by atoms with Crippen LogP contribution in [0.3, 0.4) is 0 Å². The molecule has 2 N–H and O–H groups in total. The molecule has 2 saturated heterocycles. The Morgan fingerprint density at radius 2 is 1.94 bits per heavy atom. The number of allylic oxidation sites excluding steroid dienone is 1. The van der Waals surface area contributed by atoms with Gasteiger partial charge in [-0.3, -0.25) is 4.90 Å². The molecule has 0 aromatic carbocycles. The molecule has 2 heterocycles. The van der Waals surface area contributed by atoms with Crippen molar-refractivity contribution in [1.82, 2.24) is 4.90 Å². The smallest absolute Gasteiger partial charge is 0.0787 e. The average molecular weight is 470 g/mol. The van der Waals surface area contributed by atoms with Gasteiger partial charge in [0.1, 0.15) is 0 Å². The van der Waals surface area contributed by atoms with Crippen molar-refractivity contribution in [3.05, 3.63) is 11.6 Å². The Labute approximate surface area is 206 Å². The van der Waals surface area contributed by atoms with E-state index in [1.807, 2.05) is 0 Å². The highest BCUT2D eigenvalue weighted by Crippen LogP contribution is 2.87. The largest absolute Gasteiger partial charge is 0.395 e. The number of piperidine rings is 1. The van der Waals surface area contributed by atoms with Gasteiger partial charge in [0, 0.05) is 30.5 Å². The van der Waals surface area contributed by atoms with Gasteiger partial charge >= 0.3 is 0 Å². The lowest BCUT2D eigenvalue weighted by atomic mass is 9.56. The lowest BCUT2D eigenvalue weighted by Crippen LogP contribution is -2.54. The molecule has 4 saturated carbocycles. The van der Waals surface area contributed by atoms with Crippen molar-refractivity contribution in [1.29, 1.82) is 0 Å². The summed E-state index contributed by atoms with van der Waals surface area (Å²) in [6.45, 7) is 12.2. The molecule has 12 atom stereocenters. The third-order valence-corrected chi connectivity index (χ3v) is 13.4. The third kappa shape index (κ3) is 2.55. The molecule has 0 radical (unpaired) electrons. The second-order valence-corrected chi connectivity index (χ2v) is 14.4. The molecule has 0 aromatic rings. The maximum atomic E-state index is 10.3. The number of hydrogen-bond donors (Lipinski definition) is 2. The topological polar surface area (TPSA) is 52.9 Å². The van der Waals surface area contributed by atoms with Gasteiger partial charge in [-0.15, -0.1) is 0 Å². The third-order valence-electron chi connectivity index (χ3n) is 13.4. The van der Waals surface area contributed by atoms with Gasteiger partial charge in [0.05, 0.1) is 24.4 Å². The van der Waals surface area contributed by atoms with E-state index in [2.05, 4.69) is 38.7 Å². The fourth-order valence-electron chi connectivity index (χ4n) is 11.9. The highest BCUT2D eigenvalue weighted by Gasteiger charge is 2.84. The molecule has 0 amide bonds. The molecule has 190 valence electrons. The maximum Gasteiger partial charge on any atom is 0.0787 e. The predicted molar refractivity (Wildman–Crippen MR) is 133 cm³/mol. The van der Waals surface area contributed by atoms with Crippen LogP contribution in [0.25, 0.3) is 0 Å². The highest BCUT2D eigenvalue weighted by molar-refractivity contribution is 5.35. The summed E-state index contributed by atoms with van der Waals surface area (Å²) in [6, 6.07) is 0.477. The molecule has 2 aliphatic heterocycles. The van der Waals surface area contributed by atoms with Crippen molar-refractivity contribution in [2.75, 3.05) is 19.7 Å². The lowest BCUT2D eigenvalue weighted by molar-refractivity contribution is -0.148. The fraction of sp³-hybridized carbons (Fsp3) is 0.933. The predicted octanol–water partition coefficient (Wildman–Crippen LogP) is 4.79. The second-order valence-electron chi connectivity index (χ2n) is 14.4. The van der Waals surface area contributed by atoms with E-state index < -0.39 is 0 Å². The number of fused-ring (bicyclic) bond motifs is 6. The van der Waals surface area contributed by atoms with Crippen molar-refractivity contribution >= 4 is 0 Å². The minimum atomic E-state index is -0.212. The summed E-state index contributed by atoms with van der Waals surface area (Å²) in [5.74, 6) is 3.74. The van der Waals surface area contributed by atoms with Crippen LogP contribution in [0, 0.1) is 45.8 Å². The normalized spacial score (nSPS) is 60.1. The van der Waals surface area contributed by atoms with Gasteiger partial charge < -0.3 is 14.9 Å². The van der Waals surface area contributed by atoms with Gasteiger partial charge in [-0.25, -0.2) is 0 Å². The van der Waals surface area contributed by atoms with Crippen LogP contribution >= 0.6 is 0 Å². The Bertz CT molecular complexity index is 903. The zero-order valence-corrected chi connectivity index (χ0v) is 21.9. The second kappa shape index (κ2) is 7.11. The SMILES string of the molecule is C[C@H]1C[C@H]2OC3(CC[C@H]4[C@@H]5CCC6=C[C@@H](O)CC[C@]6(C)[C@H]5CC45CC53C)[C@H](C)[C@@H]2N(CCO)C1. The summed E-state index contributed by atoms with van der Waals surface area (Å²) in [4.78, 5) is 2.59. The molecule has 5 aliphatic carbocycles. The van der Waals surface area contributed by atoms with Crippen LogP contribution in [-0.2, 0) is 4.74 Å². The quantitative estimate of drug-likeness (QED) is 0.571. The average Bonchev–Trinajstić information content (AvgIpc) is 3.13. The Hall–Kier alpha value is -0.420. The molecule has 0 aromatic heterocycles. The van der Waals surface area contributed by atoms with Crippen LogP contribution in [0.4, 0.5) is 0 Å². The number of rotatable bonds is 2. The van der Waals surface area contributed by atoms with E-state index >= 15 is 0 Å².